The van der Waals surface area contributed by atoms with E-state index < -0.39 is 0 Å². The Morgan fingerprint density at radius 3 is 2.56 bits per heavy atom. The number of ether oxygens (including phenoxy) is 2. The number of nitrogens with zero attached hydrogens (tertiary/aromatic N) is 2. The fourth-order valence-electron chi connectivity index (χ4n) is 2.37. The van der Waals surface area contributed by atoms with Gasteiger partial charge in [-0.3, -0.25) is 0 Å². The van der Waals surface area contributed by atoms with Gasteiger partial charge in [0.1, 0.15) is 16.6 Å². The van der Waals surface area contributed by atoms with Crippen LogP contribution in [0.15, 0.2) is 58.5 Å². The zero-order valence-electron chi connectivity index (χ0n) is 14.7. The van der Waals surface area contributed by atoms with Crippen LogP contribution in [0.25, 0.3) is 16.8 Å². The normalized spacial score (nSPS) is 11.0. The zero-order chi connectivity index (χ0) is 19.2. The first-order valence-electron chi connectivity index (χ1n) is 7.95. The van der Waals surface area contributed by atoms with E-state index in [0.29, 0.717) is 22.1 Å². The molecule has 0 radical (unpaired) electrons. The van der Waals surface area contributed by atoms with Gasteiger partial charge < -0.3 is 14.8 Å². The van der Waals surface area contributed by atoms with E-state index in [1.54, 1.807) is 32.6 Å². The molecule has 7 heteroatoms. The van der Waals surface area contributed by atoms with E-state index >= 15 is 0 Å². The van der Waals surface area contributed by atoms with Crippen molar-refractivity contribution < 1.29 is 9.47 Å². The molecule has 136 valence electrons. The summed E-state index contributed by atoms with van der Waals surface area (Å²) in [5, 5.41) is 15.2. The van der Waals surface area contributed by atoms with Gasteiger partial charge in [0.15, 0.2) is 11.5 Å². The van der Waals surface area contributed by atoms with Crippen LogP contribution in [0.4, 0.5) is 5.69 Å². The van der Waals surface area contributed by atoms with Crippen molar-refractivity contribution in [3.05, 3.63) is 63.5 Å². The Morgan fingerprint density at radius 2 is 1.89 bits per heavy atom. The van der Waals surface area contributed by atoms with Crippen molar-refractivity contribution in [2.24, 2.45) is 0 Å². The molecule has 0 aliphatic rings. The number of halogens is 1. The van der Waals surface area contributed by atoms with Crippen molar-refractivity contribution in [2.75, 3.05) is 19.5 Å². The minimum Gasteiger partial charge on any atom is -0.493 e. The summed E-state index contributed by atoms with van der Waals surface area (Å²) in [7, 11) is 3.17. The van der Waals surface area contributed by atoms with Crippen LogP contribution < -0.4 is 14.8 Å². The summed E-state index contributed by atoms with van der Waals surface area (Å²) in [5.74, 6) is 1.26. The van der Waals surface area contributed by atoms with E-state index in [-0.39, 0.29) is 0 Å². The number of thiazole rings is 1. The predicted molar refractivity (Wildman–Crippen MR) is 112 cm³/mol. The Balaban J connectivity index is 1.81. The molecular formula is C20H16BrN3O2S. The maximum atomic E-state index is 9.51. The van der Waals surface area contributed by atoms with E-state index in [4.69, 9.17) is 9.47 Å². The molecule has 0 fully saturated rings. The van der Waals surface area contributed by atoms with Crippen LogP contribution in [0.2, 0.25) is 0 Å². The third kappa shape index (κ3) is 4.48. The highest BCUT2D eigenvalue weighted by Gasteiger charge is 2.09. The Morgan fingerprint density at radius 1 is 1.15 bits per heavy atom. The van der Waals surface area contributed by atoms with Crippen molar-refractivity contribution in [3.63, 3.8) is 0 Å². The number of hydrogen-bond donors (Lipinski definition) is 1. The third-order valence-electron chi connectivity index (χ3n) is 3.76. The summed E-state index contributed by atoms with van der Waals surface area (Å²) in [5.41, 5.74) is 3.09. The third-order valence-corrected chi connectivity index (χ3v) is 5.17. The lowest BCUT2D eigenvalue weighted by atomic mass is 10.2. The van der Waals surface area contributed by atoms with E-state index in [1.807, 2.05) is 35.7 Å². The molecule has 3 aromatic rings. The highest BCUT2D eigenvalue weighted by Crippen LogP contribution is 2.30. The first-order chi connectivity index (χ1) is 13.1. The van der Waals surface area contributed by atoms with Gasteiger partial charge in [-0.15, -0.1) is 11.3 Å². The Bertz CT molecular complexity index is 1010. The maximum absolute atomic E-state index is 9.51. The molecule has 0 aliphatic carbocycles. The number of allylic oxidation sites excluding steroid dienone is 1. The lowest BCUT2D eigenvalue weighted by molar-refractivity contribution is 0.355. The van der Waals surface area contributed by atoms with Crippen molar-refractivity contribution in [3.8, 4) is 28.8 Å². The fraction of sp³-hybridized carbons (Fsp3) is 0.100. The number of nitriles is 1. The van der Waals surface area contributed by atoms with Crippen molar-refractivity contribution in [1.82, 2.24) is 4.98 Å². The number of nitrogens with one attached hydrogen (secondary N) is 1. The number of rotatable bonds is 6. The molecule has 0 unspecified atom stereocenters. The van der Waals surface area contributed by atoms with Gasteiger partial charge in [-0.2, -0.15) is 5.26 Å². The van der Waals surface area contributed by atoms with Gasteiger partial charge in [0, 0.05) is 33.4 Å². The molecule has 2 aromatic carbocycles. The van der Waals surface area contributed by atoms with Gasteiger partial charge >= 0.3 is 0 Å². The monoisotopic (exact) mass is 441 g/mol. The molecule has 1 heterocycles. The molecule has 3 rings (SSSR count). The number of benzene rings is 2. The zero-order valence-corrected chi connectivity index (χ0v) is 17.1. The number of hydrogen-bond acceptors (Lipinski definition) is 6. The molecule has 1 N–H and O–H groups in total. The van der Waals surface area contributed by atoms with Crippen LogP contribution >= 0.6 is 27.3 Å². The van der Waals surface area contributed by atoms with Gasteiger partial charge in [0.2, 0.25) is 0 Å². The summed E-state index contributed by atoms with van der Waals surface area (Å²) in [6, 6.07) is 15.6. The predicted octanol–water partition coefficient (Wildman–Crippen LogP) is 5.57. The van der Waals surface area contributed by atoms with Gasteiger partial charge in [-0.25, -0.2) is 4.98 Å². The molecule has 0 bridgehead atoms. The van der Waals surface area contributed by atoms with Crippen LogP contribution in [0.5, 0.6) is 11.5 Å². The van der Waals surface area contributed by atoms with Crippen LogP contribution in [-0.4, -0.2) is 19.2 Å². The fourth-order valence-corrected chi connectivity index (χ4v) is 3.43. The Kier molecular flexibility index (Phi) is 6.12. The summed E-state index contributed by atoms with van der Waals surface area (Å²) < 4.78 is 11.5. The molecule has 0 atom stereocenters. The minimum absolute atomic E-state index is 0.457. The van der Waals surface area contributed by atoms with Crippen LogP contribution in [0.3, 0.4) is 0 Å². The lowest BCUT2D eigenvalue weighted by Crippen LogP contribution is -1.94. The summed E-state index contributed by atoms with van der Waals surface area (Å²) in [4.78, 5) is 4.58. The Labute approximate surface area is 170 Å². The average molecular weight is 442 g/mol. The number of anilines is 1. The van der Waals surface area contributed by atoms with E-state index in [9.17, 15) is 5.26 Å². The topological polar surface area (TPSA) is 67.2 Å². The highest BCUT2D eigenvalue weighted by molar-refractivity contribution is 9.10. The summed E-state index contributed by atoms with van der Waals surface area (Å²) in [6.07, 6.45) is 1.64. The van der Waals surface area contributed by atoms with E-state index in [2.05, 4.69) is 32.3 Å². The highest BCUT2D eigenvalue weighted by atomic mass is 79.9. The standard InChI is InChI=1S/C20H16BrN3O2S/c1-25-18-8-7-16(9-19(18)26-2)23-11-14(10-22)20-24-17(12-27-20)13-3-5-15(21)6-4-13/h3-9,11-12,23H,1-2H3/b14-11+. The molecular weight excluding hydrogens is 426 g/mol. The smallest absolute Gasteiger partial charge is 0.162 e. The molecule has 27 heavy (non-hydrogen) atoms. The molecule has 1 aromatic heterocycles. The number of aromatic nitrogens is 1. The maximum Gasteiger partial charge on any atom is 0.162 e. The average Bonchev–Trinajstić information content (AvgIpc) is 3.18. The molecule has 0 saturated carbocycles. The second-order valence-corrected chi connectivity index (χ2v) is 7.20. The van der Waals surface area contributed by atoms with Gasteiger partial charge in [0.25, 0.3) is 0 Å². The summed E-state index contributed by atoms with van der Waals surface area (Å²) >= 11 is 4.86. The quantitative estimate of drug-likeness (QED) is 0.506. The first kappa shape index (κ1) is 19.0. The minimum atomic E-state index is 0.457. The van der Waals surface area contributed by atoms with E-state index in [1.165, 1.54) is 11.3 Å². The first-order valence-corrected chi connectivity index (χ1v) is 9.62. The summed E-state index contributed by atoms with van der Waals surface area (Å²) in [6.45, 7) is 0. The largest absolute Gasteiger partial charge is 0.493 e. The van der Waals surface area contributed by atoms with Crippen molar-refractivity contribution in [1.29, 1.82) is 5.26 Å². The molecule has 5 nitrogen and oxygen atoms in total. The lowest BCUT2D eigenvalue weighted by Gasteiger charge is -2.09. The van der Waals surface area contributed by atoms with E-state index in [0.717, 1.165) is 21.4 Å². The molecule has 0 aliphatic heterocycles. The van der Waals surface area contributed by atoms with Crippen LogP contribution in [0.1, 0.15) is 5.01 Å². The number of methoxy groups -OCH3 is 2. The second kappa shape index (κ2) is 8.71. The SMILES string of the molecule is COc1ccc(N/C=C(\C#N)c2nc(-c3ccc(Br)cc3)cs2)cc1OC. The van der Waals surface area contributed by atoms with Crippen LogP contribution in [-0.2, 0) is 0 Å². The molecule has 0 saturated heterocycles. The Hall–Kier alpha value is -2.82. The van der Waals surface area contributed by atoms with Gasteiger partial charge in [-0.05, 0) is 24.3 Å². The van der Waals surface area contributed by atoms with Crippen molar-refractivity contribution >= 4 is 38.5 Å². The van der Waals surface area contributed by atoms with Gasteiger partial charge in [-0.1, -0.05) is 28.1 Å². The van der Waals surface area contributed by atoms with Gasteiger partial charge in [0.05, 0.1) is 19.9 Å². The van der Waals surface area contributed by atoms with Crippen LogP contribution in [0, 0.1) is 11.3 Å². The second-order valence-electron chi connectivity index (χ2n) is 5.43. The molecule has 0 spiro atoms. The molecule has 0 amide bonds. The van der Waals surface area contributed by atoms with Crippen molar-refractivity contribution in [2.45, 2.75) is 0 Å².